The zero-order chi connectivity index (χ0) is 12.4. The molecule has 2 aromatic rings. The molecule has 0 aliphatic carbocycles. The molecule has 17 heavy (non-hydrogen) atoms. The zero-order valence-electron chi connectivity index (χ0n) is 9.03. The van der Waals surface area contributed by atoms with Gasteiger partial charge in [0.1, 0.15) is 16.9 Å². The van der Waals surface area contributed by atoms with Gasteiger partial charge in [-0.1, -0.05) is 11.6 Å². The predicted molar refractivity (Wildman–Crippen MR) is 64.1 cm³/mol. The molecule has 0 aliphatic rings. The van der Waals surface area contributed by atoms with Gasteiger partial charge in [0.2, 0.25) is 0 Å². The molecule has 0 saturated heterocycles. The molecule has 0 fully saturated rings. The number of carbonyl (C=O) groups excluding carboxylic acids is 1. The van der Waals surface area contributed by atoms with Crippen molar-refractivity contribution in [3.05, 3.63) is 39.2 Å². The van der Waals surface area contributed by atoms with Gasteiger partial charge in [0, 0.05) is 11.5 Å². The van der Waals surface area contributed by atoms with Crippen LogP contribution < -0.4 is 10.4 Å². The molecular weight excluding hydrogens is 244 g/mol. The van der Waals surface area contributed by atoms with Gasteiger partial charge in [0.05, 0.1) is 11.6 Å². The van der Waals surface area contributed by atoms with Gasteiger partial charge in [-0.25, -0.2) is 4.79 Å². The van der Waals surface area contributed by atoms with Crippen LogP contribution in [0.25, 0.3) is 11.0 Å². The van der Waals surface area contributed by atoms with Gasteiger partial charge in [-0.05, 0) is 19.1 Å². The molecule has 0 amide bonds. The Balaban J connectivity index is 2.73. The van der Waals surface area contributed by atoms with E-state index in [1.54, 1.807) is 18.2 Å². The van der Waals surface area contributed by atoms with Crippen LogP contribution in [-0.4, -0.2) is 12.9 Å². The van der Waals surface area contributed by atoms with E-state index in [2.05, 4.69) is 0 Å². The molecule has 1 aromatic carbocycles. The Morgan fingerprint density at radius 1 is 1.47 bits per heavy atom. The largest absolute Gasteiger partial charge is 0.494 e. The van der Waals surface area contributed by atoms with Gasteiger partial charge in [-0.15, -0.1) is 0 Å². The summed E-state index contributed by atoms with van der Waals surface area (Å²) in [5, 5.41) is 0.617. The van der Waals surface area contributed by atoms with Gasteiger partial charge in [-0.2, -0.15) is 0 Å². The third kappa shape index (κ3) is 2.03. The van der Waals surface area contributed by atoms with E-state index in [0.717, 1.165) is 0 Å². The van der Waals surface area contributed by atoms with Crippen LogP contribution in [0.2, 0.25) is 5.02 Å². The van der Waals surface area contributed by atoms with Crippen LogP contribution >= 0.6 is 11.6 Å². The molecule has 88 valence electrons. The second-order valence-electron chi connectivity index (χ2n) is 3.33. The number of halogens is 1. The maximum absolute atomic E-state index is 11.4. The fourth-order valence-corrected chi connectivity index (χ4v) is 1.79. The third-order valence-electron chi connectivity index (χ3n) is 2.28. The Labute approximate surface area is 102 Å². The first-order valence-electron chi connectivity index (χ1n) is 5.01. The maximum atomic E-state index is 11.4. The second kappa shape index (κ2) is 4.59. The minimum absolute atomic E-state index is 0.106. The smallest absolute Gasteiger partial charge is 0.348 e. The van der Waals surface area contributed by atoms with Crippen LogP contribution in [0.1, 0.15) is 17.3 Å². The summed E-state index contributed by atoms with van der Waals surface area (Å²) in [6.45, 7) is 2.36. The highest BCUT2D eigenvalue weighted by Gasteiger charge is 2.12. The summed E-state index contributed by atoms with van der Waals surface area (Å²) in [5.41, 5.74) is -0.606. The molecule has 0 atom stereocenters. The molecule has 4 nitrogen and oxygen atoms in total. The van der Waals surface area contributed by atoms with Crippen molar-refractivity contribution in [3.63, 3.8) is 0 Å². The summed E-state index contributed by atoms with van der Waals surface area (Å²) < 4.78 is 10.3. The predicted octanol–water partition coefficient (Wildman–Crippen LogP) is 2.66. The summed E-state index contributed by atoms with van der Waals surface area (Å²) in [4.78, 5) is 22.1. The molecule has 1 aromatic heterocycles. The average molecular weight is 253 g/mol. The highest BCUT2D eigenvalue weighted by atomic mass is 35.5. The topological polar surface area (TPSA) is 56.5 Å². The summed E-state index contributed by atoms with van der Waals surface area (Å²) in [6, 6.07) is 4.92. The average Bonchev–Trinajstić information content (AvgIpc) is 2.29. The number of fused-ring (bicyclic) bond motifs is 1. The van der Waals surface area contributed by atoms with Gasteiger partial charge < -0.3 is 9.15 Å². The molecule has 0 bridgehead atoms. The summed E-state index contributed by atoms with van der Waals surface area (Å²) in [7, 11) is 0. The fraction of sp³-hybridized carbons (Fsp3) is 0.167. The highest BCUT2D eigenvalue weighted by Crippen LogP contribution is 2.27. The van der Waals surface area contributed by atoms with E-state index in [9.17, 15) is 9.59 Å². The zero-order valence-corrected chi connectivity index (χ0v) is 9.78. The lowest BCUT2D eigenvalue weighted by Crippen LogP contribution is -2.07. The van der Waals surface area contributed by atoms with Crippen molar-refractivity contribution in [3.8, 4) is 5.75 Å². The Bertz CT molecular complexity index is 630. The summed E-state index contributed by atoms with van der Waals surface area (Å²) in [6.07, 6.45) is 0.393. The number of carbonyl (C=O) groups is 1. The number of rotatable bonds is 3. The Morgan fingerprint density at radius 3 is 2.88 bits per heavy atom. The van der Waals surface area contributed by atoms with Gasteiger partial charge in [-0.3, -0.25) is 4.79 Å². The molecular formula is C12H9ClO4. The first-order valence-corrected chi connectivity index (χ1v) is 5.39. The monoisotopic (exact) mass is 252 g/mol. The molecule has 0 unspecified atom stereocenters. The Morgan fingerprint density at radius 2 is 2.24 bits per heavy atom. The van der Waals surface area contributed by atoms with E-state index in [1.807, 2.05) is 6.92 Å². The van der Waals surface area contributed by atoms with E-state index in [4.69, 9.17) is 20.8 Å². The first kappa shape index (κ1) is 11.7. The lowest BCUT2D eigenvalue weighted by molar-refractivity contribution is 0.112. The second-order valence-corrected chi connectivity index (χ2v) is 3.70. The lowest BCUT2D eigenvalue weighted by Gasteiger charge is -2.05. The lowest BCUT2D eigenvalue weighted by atomic mass is 10.2. The van der Waals surface area contributed by atoms with Crippen LogP contribution in [0.3, 0.4) is 0 Å². The van der Waals surface area contributed by atoms with Crippen LogP contribution in [0.5, 0.6) is 5.75 Å². The van der Waals surface area contributed by atoms with Crippen molar-refractivity contribution >= 4 is 28.9 Å². The van der Waals surface area contributed by atoms with Crippen LogP contribution in [0.15, 0.2) is 27.4 Å². The molecule has 5 heteroatoms. The van der Waals surface area contributed by atoms with Crippen molar-refractivity contribution in [2.75, 3.05) is 6.61 Å². The minimum atomic E-state index is -0.744. The van der Waals surface area contributed by atoms with Crippen molar-refractivity contribution in [1.82, 2.24) is 0 Å². The van der Waals surface area contributed by atoms with Crippen molar-refractivity contribution in [1.29, 1.82) is 0 Å². The van der Waals surface area contributed by atoms with E-state index in [0.29, 0.717) is 29.6 Å². The first-order chi connectivity index (χ1) is 8.17. The van der Waals surface area contributed by atoms with E-state index in [-0.39, 0.29) is 10.6 Å². The van der Waals surface area contributed by atoms with E-state index in [1.165, 1.54) is 0 Å². The number of benzene rings is 1. The molecule has 2 rings (SSSR count). The quantitative estimate of drug-likeness (QED) is 0.622. The van der Waals surface area contributed by atoms with Gasteiger partial charge in [0.15, 0.2) is 6.29 Å². The molecule has 1 heterocycles. The van der Waals surface area contributed by atoms with E-state index >= 15 is 0 Å². The highest BCUT2D eigenvalue weighted by molar-refractivity contribution is 6.37. The van der Waals surface area contributed by atoms with Crippen molar-refractivity contribution in [2.24, 2.45) is 0 Å². The number of hydrogen-bond acceptors (Lipinski definition) is 4. The number of aldehydes is 1. The van der Waals surface area contributed by atoms with Gasteiger partial charge >= 0.3 is 5.63 Å². The summed E-state index contributed by atoms with van der Waals surface area (Å²) >= 11 is 5.94. The molecule has 0 spiro atoms. The van der Waals surface area contributed by atoms with Crippen LogP contribution in [0.4, 0.5) is 0 Å². The summed E-state index contributed by atoms with van der Waals surface area (Å²) in [5.74, 6) is 0.582. The SMILES string of the molecule is CCOc1ccc2c(Cl)c(C=O)c(=O)oc2c1. The van der Waals surface area contributed by atoms with E-state index < -0.39 is 5.63 Å². The normalized spacial score (nSPS) is 10.5. The van der Waals surface area contributed by atoms with Crippen LogP contribution in [0, 0.1) is 0 Å². The molecule has 0 saturated carbocycles. The molecule has 0 N–H and O–H groups in total. The maximum Gasteiger partial charge on any atom is 0.348 e. The van der Waals surface area contributed by atoms with Crippen molar-refractivity contribution in [2.45, 2.75) is 6.92 Å². The third-order valence-corrected chi connectivity index (χ3v) is 2.68. The molecule has 0 radical (unpaired) electrons. The van der Waals surface area contributed by atoms with Crippen LogP contribution in [-0.2, 0) is 0 Å². The van der Waals surface area contributed by atoms with Gasteiger partial charge in [0.25, 0.3) is 0 Å². The van der Waals surface area contributed by atoms with Crippen molar-refractivity contribution < 1.29 is 13.9 Å². The fourth-order valence-electron chi connectivity index (χ4n) is 1.51. The minimum Gasteiger partial charge on any atom is -0.494 e. The number of hydrogen-bond donors (Lipinski definition) is 0. The Kier molecular flexibility index (Phi) is 3.15. The number of ether oxygens (including phenoxy) is 1. The Hall–Kier alpha value is -1.81. The standard InChI is InChI=1S/C12H9ClO4/c1-2-16-7-3-4-8-10(5-7)17-12(15)9(6-14)11(8)13/h3-6H,2H2,1H3. The molecule has 0 aliphatic heterocycles.